The molecule has 1 aromatic heterocycles. The number of thiazole rings is 1. The van der Waals surface area contributed by atoms with E-state index >= 15 is 0 Å². The van der Waals surface area contributed by atoms with Crippen molar-refractivity contribution in [1.82, 2.24) is 4.98 Å². The lowest BCUT2D eigenvalue weighted by Gasteiger charge is -1.93. The van der Waals surface area contributed by atoms with Gasteiger partial charge in [-0.05, 0) is 19.1 Å². The highest BCUT2D eigenvalue weighted by Crippen LogP contribution is 2.14. The molecule has 11 heavy (non-hydrogen) atoms. The molecular formula is C6H8N2S3. The predicted octanol–water partition coefficient (Wildman–Crippen LogP) is 1.94. The first kappa shape index (κ1) is 8.83. The maximum Gasteiger partial charge on any atom is 0.158 e. The third-order valence-corrected chi connectivity index (χ3v) is 2.74. The molecule has 1 heterocycles. The smallest absolute Gasteiger partial charge is 0.158 e. The second-order valence-corrected chi connectivity index (χ2v) is 4.50. The molecule has 0 aliphatic carbocycles. The highest BCUT2D eigenvalue weighted by molar-refractivity contribution is 7.80. The van der Waals surface area contributed by atoms with Gasteiger partial charge in [0.1, 0.15) is 0 Å². The van der Waals surface area contributed by atoms with E-state index in [0.29, 0.717) is 11.4 Å². The van der Waals surface area contributed by atoms with Crippen molar-refractivity contribution >= 4 is 40.8 Å². The molecular weight excluding hydrogens is 196 g/mol. The SMILES string of the molecule is Cc1[nH]c(=S)sc1CC(N)=S. The van der Waals surface area contributed by atoms with Gasteiger partial charge in [0.25, 0.3) is 0 Å². The Kier molecular flexibility index (Phi) is 2.75. The van der Waals surface area contributed by atoms with E-state index in [-0.39, 0.29) is 0 Å². The Morgan fingerprint density at radius 3 is 2.73 bits per heavy atom. The van der Waals surface area contributed by atoms with E-state index in [1.165, 1.54) is 11.3 Å². The van der Waals surface area contributed by atoms with Crippen molar-refractivity contribution in [2.24, 2.45) is 5.73 Å². The fourth-order valence-electron chi connectivity index (χ4n) is 0.764. The Morgan fingerprint density at radius 1 is 1.73 bits per heavy atom. The Labute approximate surface area is 79.4 Å². The third-order valence-electron chi connectivity index (χ3n) is 1.26. The van der Waals surface area contributed by atoms with Crippen molar-refractivity contribution < 1.29 is 0 Å². The lowest BCUT2D eigenvalue weighted by Crippen LogP contribution is -2.10. The first-order valence-electron chi connectivity index (χ1n) is 3.06. The van der Waals surface area contributed by atoms with E-state index < -0.39 is 0 Å². The van der Waals surface area contributed by atoms with Gasteiger partial charge in [-0.25, -0.2) is 0 Å². The Balaban J connectivity index is 2.94. The van der Waals surface area contributed by atoms with Crippen molar-refractivity contribution in [3.05, 3.63) is 14.5 Å². The number of H-pyrrole nitrogens is 1. The van der Waals surface area contributed by atoms with Crippen LogP contribution in [0.15, 0.2) is 0 Å². The molecule has 3 N–H and O–H groups in total. The summed E-state index contributed by atoms with van der Waals surface area (Å²) in [6.07, 6.45) is 0.652. The molecule has 0 bridgehead atoms. The zero-order valence-corrected chi connectivity index (χ0v) is 8.46. The molecule has 0 aliphatic rings. The van der Waals surface area contributed by atoms with Gasteiger partial charge in [-0.15, -0.1) is 11.3 Å². The van der Waals surface area contributed by atoms with Gasteiger partial charge in [-0.1, -0.05) is 12.2 Å². The fourth-order valence-corrected chi connectivity index (χ4v) is 2.31. The Bertz CT molecular complexity index is 323. The second-order valence-electron chi connectivity index (χ2n) is 2.21. The van der Waals surface area contributed by atoms with Crippen LogP contribution in [0.5, 0.6) is 0 Å². The molecule has 5 heteroatoms. The molecule has 0 aliphatic heterocycles. The van der Waals surface area contributed by atoms with Crippen LogP contribution in [0.4, 0.5) is 0 Å². The van der Waals surface area contributed by atoms with Crippen molar-refractivity contribution in [3.63, 3.8) is 0 Å². The number of nitrogens with one attached hydrogen (secondary N) is 1. The average Bonchev–Trinajstić information content (AvgIpc) is 2.09. The van der Waals surface area contributed by atoms with Crippen molar-refractivity contribution in [2.45, 2.75) is 13.3 Å². The van der Waals surface area contributed by atoms with E-state index in [2.05, 4.69) is 4.98 Å². The molecule has 0 unspecified atom stereocenters. The van der Waals surface area contributed by atoms with Crippen molar-refractivity contribution in [1.29, 1.82) is 0 Å². The van der Waals surface area contributed by atoms with Crippen LogP contribution >= 0.6 is 35.8 Å². The summed E-state index contributed by atoms with van der Waals surface area (Å²) in [6.45, 7) is 1.97. The second kappa shape index (κ2) is 3.42. The van der Waals surface area contributed by atoms with Gasteiger partial charge in [0, 0.05) is 17.0 Å². The maximum atomic E-state index is 5.39. The summed E-state index contributed by atoms with van der Waals surface area (Å²) in [4.78, 5) is 4.68. The lowest BCUT2D eigenvalue weighted by molar-refractivity contribution is 1.19. The number of nitrogens with two attached hydrogens (primary N) is 1. The highest BCUT2D eigenvalue weighted by atomic mass is 32.1. The van der Waals surface area contributed by atoms with Gasteiger partial charge in [0.15, 0.2) is 3.95 Å². The summed E-state index contributed by atoms with van der Waals surface area (Å²) < 4.78 is 0.786. The molecule has 0 atom stereocenters. The van der Waals surface area contributed by atoms with Crippen LogP contribution in [0.3, 0.4) is 0 Å². The van der Waals surface area contributed by atoms with Gasteiger partial charge in [-0.2, -0.15) is 0 Å². The van der Waals surface area contributed by atoms with Crippen LogP contribution in [0.1, 0.15) is 10.6 Å². The number of aromatic nitrogens is 1. The molecule has 0 saturated heterocycles. The zero-order chi connectivity index (χ0) is 8.43. The minimum absolute atomic E-state index is 0.512. The average molecular weight is 204 g/mol. The van der Waals surface area contributed by atoms with Crippen LogP contribution in [-0.2, 0) is 6.42 Å². The summed E-state index contributed by atoms with van der Waals surface area (Å²) in [7, 11) is 0. The van der Waals surface area contributed by atoms with Gasteiger partial charge in [0.05, 0.1) is 4.99 Å². The van der Waals surface area contributed by atoms with Crippen LogP contribution in [0.25, 0.3) is 0 Å². The van der Waals surface area contributed by atoms with Gasteiger partial charge in [-0.3, -0.25) is 0 Å². The normalized spacial score (nSPS) is 9.91. The summed E-state index contributed by atoms with van der Waals surface area (Å²) in [5.74, 6) is 0. The summed E-state index contributed by atoms with van der Waals surface area (Å²) in [6, 6.07) is 0. The lowest BCUT2D eigenvalue weighted by atomic mass is 10.3. The standard InChI is InChI=1S/C6H8N2S3/c1-3-4(2-5(7)9)11-6(10)8-3/h2H2,1H3,(H2,7,9)(H,8,10). The van der Waals surface area contributed by atoms with Gasteiger partial charge < -0.3 is 10.7 Å². The Morgan fingerprint density at radius 2 is 2.36 bits per heavy atom. The predicted molar refractivity (Wildman–Crippen MR) is 54.7 cm³/mol. The molecule has 0 spiro atoms. The quantitative estimate of drug-likeness (QED) is 0.723. The summed E-state index contributed by atoms with van der Waals surface area (Å²) in [5.41, 5.74) is 6.47. The summed E-state index contributed by atoms with van der Waals surface area (Å²) in [5, 5.41) is 0. The zero-order valence-electron chi connectivity index (χ0n) is 6.01. The minimum atomic E-state index is 0.512. The molecule has 2 nitrogen and oxygen atoms in total. The molecule has 1 aromatic rings. The van der Waals surface area contributed by atoms with Crippen LogP contribution in [0, 0.1) is 10.9 Å². The number of aryl methyl sites for hydroxylation is 1. The van der Waals surface area contributed by atoms with E-state index in [4.69, 9.17) is 30.2 Å². The Hall–Kier alpha value is -0.260. The molecule has 0 fully saturated rings. The molecule has 0 aromatic carbocycles. The fraction of sp³-hybridized carbons (Fsp3) is 0.333. The number of hydrogen-bond donors (Lipinski definition) is 2. The summed E-state index contributed by atoms with van der Waals surface area (Å²) >= 11 is 11.3. The minimum Gasteiger partial charge on any atom is -0.393 e. The topological polar surface area (TPSA) is 41.8 Å². The molecule has 0 radical (unpaired) electrons. The molecule has 1 rings (SSSR count). The maximum absolute atomic E-state index is 5.39. The highest BCUT2D eigenvalue weighted by Gasteiger charge is 2.02. The van der Waals surface area contributed by atoms with E-state index in [1.54, 1.807) is 0 Å². The molecule has 0 amide bonds. The first-order chi connectivity index (χ1) is 5.09. The molecule has 60 valence electrons. The number of aromatic amines is 1. The third kappa shape index (κ3) is 2.36. The largest absolute Gasteiger partial charge is 0.393 e. The molecule has 0 saturated carbocycles. The van der Waals surface area contributed by atoms with E-state index in [1.807, 2.05) is 6.92 Å². The monoisotopic (exact) mass is 204 g/mol. The first-order valence-corrected chi connectivity index (χ1v) is 4.70. The van der Waals surface area contributed by atoms with Crippen LogP contribution in [0.2, 0.25) is 0 Å². The van der Waals surface area contributed by atoms with Gasteiger partial charge >= 0.3 is 0 Å². The van der Waals surface area contributed by atoms with Crippen LogP contribution < -0.4 is 5.73 Å². The van der Waals surface area contributed by atoms with Crippen molar-refractivity contribution in [2.75, 3.05) is 0 Å². The van der Waals surface area contributed by atoms with E-state index in [0.717, 1.165) is 14.5 Å². The number of rotatable bonds is 2. The number of thiocarbonyl (C=S) groups is 1. The van der Waals surface area contributed by atoms with E-state index in [9.17, 15) is 0 Å². The van der Waals surface area contributed by atoms with Gasteiger partial charge in [0.2, 0.25) is 0 Å². The number of hydrogen-bond acceptors (Lipinski definition) is 3. The van der Waals surface area contributed by atoms with Crippen molar-refractivity contribution in [3.8, 4) is 0 Å². The van der Waals surface area contributed by atoms with Crippen LogP contribution in [-0.4, -0.2) is 9.97 Å².